The molecular weight excluding hydrogens is 311 g/mol. The Morgan fingerprint density at radius 3 is 2.75 bits per heavy atom. The van der Waals surface area contributed by atoms with E-state index >= 15 is 0 Å². The highest BCUT2D eigenvalue weighted by atomic mass is 19.1. The van der Waals surface area contributed by atoms with Gasteiger partial charge in [-0.25, -0.2) is 4.39 Å². The molecule has 0 spiro atoms. The smallest absolute Gasteiger partial charge is 0.217 e. The Labute approximate surface area is 141 Å². The van der Waals surface area contributed by atoms with E-state index < -0.39 is 0 Å². The van der Waals surface area contributed by atoms with Crippen molar-refractivity contribution in [1.29, 1.82) is 0 Å². The Bertz CT molecular complexity index is 586. The van der Waals surface area contributed by atoms with E-state index in [1.807, 2.05) is 0 Å². The summed E-state index contributed by atoms with van der Waals surface area (Å²) >= 11 is 0. The number of amides is 1. The SMILES string of the molecule is CC(=O)NC1CCC(NCCc2cc(F)cc3c2OCOC3)CC1. The van der Waals surface area contributed by atoms with Crippen molar-refractivity contribution in [3.05, 3.63) is 29.1 Å². The molecule has 1 amide bonds. The molecule has 0 aromatic heterocycles. The maximum Gasteiger partial charge on any atom is 0.217 e. The maximum absolute atomic E-state index is 13.7. The monoisotopic (exact) mass is 336 g/mol. The molecule has 1 aliphatic heterocycles. The van der Waals surface area contributed by atoms with Gasteiger partial charge in [-0.05, 0) is 56.3 Å². The lowest BCUT2D eigenvalue weighted by molar-refractivity contribution is -0.119. The van der Waals surface area contributed by atoms with Gasteiger partial charge >= 0.3 is 0 Å². The number of carbonyl (C=O) groups is 1. The molecule has 0 atom stereocenters. The number of hydrogen-bond acceptors (Lipinski definition) is 4. The van der Waals surface area contributed by atoms with E-state index in [4.69, 9.17) is 9.47 Å². The third-order valence-electron chi connectivity index (χ3n) is 4.71. The van der Waals surface area contributed by atoms with E-state index in [-0.39, 0.29) is 18.5 Å². The zero-order valence-corrected chi connectivity index (χ0v) is 14.1. The highest BCUT2D eigenvalue weighted by molar-refractivity contribution is 5.73. The average molecular weight is 336 g/mol. The second-order valence-corrected chi connectivity index (χ2v) is 6.62. The van der Waals surface area contributed by atoms with Crippen LogP contribution < -0.4 is 15.4 Å². The van der Waals surface area contributed by atoms with Crippen molar-refractivity contribution in [3.8, 4) is 5.75 Å². The molecule has 0 radical (unpaired) electrons. The number of rotatable bonds is 5. The van der Waals surface area contributed by atoms with Crippen LogP contribution in [0.15, 0.2) is 12.1 Å². The van der Waals surface area contributed by atoms with Crippen molar-refractivity contribution in [1.82, 2.24) is 10.6 Å². The van der Waals surface area contributed by atoms with E-state index in [0.29, 0.717) is 18.7 Å². The summed E-state index contributed by atoms with van der Waals surface area (Å²) in [6.07, 6.45) is 4.85. The Kier molecular flexibility index (Phi) is 5.68. The normalized spacial score (nSPS) is 23.2. The fourth-order valence-corrected chi connectivity index (χ4v) is 3.58. The van der Waals surface area contributed by atoms with Crippen LogP contribution in [0, 0.1) is 5.82 Å². The molecule has 0 saturated heterocycles. The summed E-state index contributed by atoms with van der Waals surface area (Å²) in [6.45, 7) is 2.99. The standard InChI is InChI=1S/C18H25FN2O3/c1-12(22)21-17-4-2-16(3-5-17)20-7-6-13-8-15(19)9-14-10-23-11-24-18(13)14/h8-9,16-17,20H,2-7,10-11H2,1H3,(H,21,22). The third kappa shape index (κ3) is 4.45. The molecule has 6 heteroatoms. The highest BCUT2D eigenvalue weighted by Crippen LogP contribution is 2.29. The largest absolute Gasteiger partial charge is 0.467 e. The third-order valence-corrected chi connectivity index (χ3v) is 4.71. The Hall–Kier alpha value is -1.66. The van der Waals surface area contributed by atoms with Gasteiger partial charge in [-0.1, -0.05) is 0 Å². The summed E-state index contributed by atoms with van der Waals surface area (Å²) in [6, 6.07) is 3.81. The van der Waals surface area contributed by atoms with Gasteiger partial charge in [0.1, 0.15) is 11.6 Å². The van der Waals surface area contributed by atoms with Crippen LogP contribution in [-0.2, 0) is 22.6 Å². The van der Waals surface area contributed by atoms with Crippen LogP contribution in [0.2, 0.25) is 0 Å². The minimum Gasteiger partial charge on any atom is -0.467 e. The van der Waals surface area contributed by atoms with E-state index in [0.717, 1.165) is 55.5 Å². The molecule has 2 aliphatic rings. The molecule has 3 rings (SSSR count). The van der Waals surface area contributed by atoms with Crippen LogP contribution in [0.25, 0.3) is 0 Å². The second-order valence-electron chi connectivity index (χ2n) is 6.62. The summed E-state index contributed by atoms with van der Waals surface area (Å²) in [5.41, 5.74) is 1.68. The molecule has 1 aliphatic carbocycles. The zero-order chi connectivity index (χ0) is 16.9. The quantitative estimate of drug-likeness (QED) is 0.866. The van der Waals surface area contributed by atoms with Gasteiger partial charge < -0.3 is 20.1 Å². The van der Waals surface area contributed by atoms with Gasteiger partial charge in [0.15, 0.2) is 6.79 Å². The van der Waals surface area contributed by atoms with Gasteiger partial charge in [0, 0.05) is 24.6 Å². The summed E-state index contributed by atoms with van der Waals surface area (Å²) in [5.74, 6) is 0.582. The second kappa shape index (κ2) is 7.94. The number of hydrogen-bond donors (Lipinski definition) is 2. The lowest BCUT2D eigenvalue weighted by atomic mass is 9.91. The van der Waals surface area contributed by atoms with Crippen LogP contribution in [0.4, 0.5) is 4.39 Å². The van der Waals surface area contributed by atoms with Crippen LogP contribution in [0.5, 0.6) is 5.75 Å². The van der Waals surface area contributed by atoms with Crippen molar-refractivity contribution >= 4 is 5.91 Å². The Balaban J connectivity index is 1.47. The molecule has 2 N–H and O–H groups in total. The first-order chi connectivity index (χ1) is 11.6. The lowest BCUT2D eigenvalue weighted by Gasteiger charge is -2.29. The maximum atomic E-state index is 13.7. The first-order valence-corrected chi connectivity index (χ1v) is 8.64. The van der Waals surface area contributed by atoms with Crippen molar-refractivity contribution in [2.75, 3.05) is 13.3 Å². The van der Waals surface area contributed by atoms with Gasteiger partial charge in [0.05, 0.1) is 6.61 Å². The molecule has 132 valence electrons. The molecule has 0 unspecified atom stereocenters. The van der Waals surface area contributed by atoms with Gasteiger partial charge in [-0.2, -0.15) is 0 Å². The molecule has 1 fully saturated rings. The first kappa shape index (κ1) is 17.2. The molecular formula is C18H25FN2O3. The van der Waals surface area contributed by atoms with Crippen LogP contribution in [-0.4, -0.2) is 31.3 Å². The van der Waals surface area contributed by atoms with E-state index in [9.17, 15) is 9.18 Å². The van der Waals surface area contributed by atoms with E-state index in [1.54, 1.807) is 13.0 Å². The minimum atomic E-state index is -0.242. The topological polar surface area (TPSA) is 59.6 Å². The predicted octanol–water partition coefficient (Wildman–Crippen LogP) is 2.27. The van der Waals surface area contributed by atoms with Crippen LogP contribution in [0.3, 0.4) is 0 Å². The molecule has 0 bridgehead atoms. The number of nitrogens with one attached hydrogen (secondary N) is 2. The molecule has 1 heterocycles. The Morgan fingerprint density at radius 1 is 1.25 bits per heavy atom. The first-order valence-electron chi connectivity index (χ1n) is 8.64. The molecule has 1 aromatic rings. The van der Waals surface area contributed by atoms with Gasteiger partial charge in [0.2, 0.25) is 5.91 Å². The molecule has 24 heavy (non-hydrogen) atoms. The number of benzene rings is 1. The Morgan fingerprint density at radius 2 is 2.00 bits per heavy atom. The van der Waals surface area contributed by atoms with Gasteiger partial charge in [-0.15, -0.1) is 0 Å². The lowest BCUT2D eigenvalue weighted by Crippen LogP contribution is -2.41. The van der Waals surface area contributed by atoms with Crippen LogP contribution >= 0.6 is 0 Å². The van der Waals surface area contributed by atoms with Crippen LogP contribution in [0.1, 0.15) is 43.7 Å². The minimum absolute atomic E-state index is 0.0475. The van der Waals surface area contributed by atoms with Gasteiger partial charge in [-0.3, -0.25) is 4.79 Å². The zero-order valence-electron chi connectivity index (χ0n) is 14.1. The number of halogens is 1. The molecule has 5 nitrogen and oxygen atoms in total. The summed E-state index contributed by atoms with van der Waals surface area (Å²) < 4.78 is 24.5. The summed E-state index contributed by atoms with van der Waals surface area (Å²) in [7, 11) is 0. The van der Waals surface area contributed by atoms with Crippen molar-refractivity contribution in [2.24, 2.45) is 0 Å². The van der Waals surface area contributed by atoms with Crippen molar-refractivity contribution in [3.63, 3.8) is 0 Å². The number of ether oxygens (including phenoxy) is 2. The average Bonchev–Trinajstić information content (AvgIpc) is 2.56. The van der Waals surface area contributed by atoms with Crippen molar-refractivity contribution < 1.29 is 18.7 Å². The summed E-state index contributed by atoms with van der Waals surface area (Å²) in [4.78, 5) is 11.1. The summed E-state index contributed by atoms with van der Waals surface area (Å²) in [5, 5.41) is 6.54. The fourth-order valence-electron chi connectivity index (χ4n) is 3.58. The predicted molar refractivity (Wildman–Crippen MR) is 88.3 cm³/mol. The molecule has 1 aromatic carbocycles. The van der Waals surface area contributed by atoms with Crippen molar-refractivity contribution in [2.45, 2.75) is 57.7 Å². The highest BCUT2D eigenvalue weighted by Gasteiger charge is 2.22. The van der Waals surface area contributed by atoms with E-state index in [2.05, 4.69) is 10.6 Å². The molecule has 1 saturated carbocycles. The van der Waals surface area contributed by atoms with Gasteiger partial charge in [0.25, 0.3) is 0 Å². The number of fused-ring (bicyclic) bond motifs is 1. The number of carbonyl (C=O) groups excluding carboxylic acids is 1. The van der Waals surface area contributed by atoms with E-state index in [1.165, 1.54) is 6.07 Å². The fraction of sp³-hybridized carbons (Fsp3) is 0.611.